The molecule has 1 unspecified atom stereocenters. The molecule has 0 saturated carbocycles. The highest BCUT2D eigenvalue weighted by Crippen LogP contribution is 2.26. The second-order valence-corrected chi connectivity index (χ2v) is 5.83. The summed E-state index contributed by atoms with van der Waals surface area (Å²) in [5.41, 5.74) is 0.761. The molecule has 1 aromatic carbocycles. The molecule has 18 heavy (non-hydrogen) atoms. The summed E-state index contributed by atoms with van der Waals surface area (Å²) in [6.07, 6.45) is -4.22. The van der Waals surface area contributed by atoms with Gasteiger partial charge in [0.05, 0.1) is 10.7 Å². The Kier molecular flexibility index (Phi) is 6.04. The largest absolute Gasteiger partial charge is 0.389 e. The molecule has 6 heteroatoms. The lowest BCUT2D eigenvalue weighted by molar-refractivity contribution is -0.135. The summed E-state index contributed by atoms with van der Waals surface area (Å²) in [4.78, 5) is 0. The van der Waals surface area contributed by atoms with Crippen LogP contribution in [-0.4, -0.2) is 12.2 Å². The molecule has 0 aromatic heterocycles. The van der Waals surface area contributed by atoms with E-state index in [0.29, 0.717) is 11.4 Å². The van der Waals surface area contributed by atoms with Gasteiger partial charge in [-0.25, -0.2) is 0 Å². The Bertz CT molecular complexity index is 395. The molecule has 1 aromatic rings. The van der Waals surface area contributed by atoms with Crippen molar-refractivity contribution in [3.05, 3.63) is 26.8 Å². The van der Waals surface area contributed by atoms with Crippen molar-refractivity contribution >= 4 is 39.9 Å². The minimum atomic E-state index is -4.07. The lowest BCUT2D eigenvalue weighted by atomic mass is 10.1. The van der Waals surface area contributed by atoms with Crippen molar-refractivity contribution in [3.8, 4) is 0 Å². The van der Waals surface area contributed by atoms with Gasteiger partial charge in [-0.1, -0.05) is 11.6 Å². The lowest BCUT2D eigenvalue weighted by Crippen LogP contribution is -2.17. The molecule has 1 N–H and O–H groups in total. The molecular formula is C12H14ClF3IN. The van der Waals surface area contributed by atoms with E-state index < -0.39 is 12.6 Å². The van der Waals surface area contributed by atoms with Crippen LogP contribution in [0.15, 0.2) is 18.2 Å². The first-order chi connectivity index (χ1) is 8.28. The average Bonchev–Trinajstić information content (AvgIpc) is 2.20. The Hall–Kier alpha value is -0.170. The van der Waals surface area contributed by atoms with Gasteiger partial charge in [0.25, 0.3) is 0 Å². The van der Waals surface area contributed by atoms with Crippen molar-refractivity contribution < 1.29 is 13.2 Å². The number of rotatable bonds is 5. The normalized spacial score (nSPS) is 13.4. The minimum Gasteiger partial charge on any atom is -0.381 e. The van der Waals surface area contributed by atoms with E-state index in [1.54, 1.807) is 0 Å². The summed E-state index contributed by atoms with van der Waals surface area (Å²) < 4.78 is 37.0. The maximum absolute atomic E-state index is 12.0. The third kappa shape index (κ3) is 6.13. The minimum absolute atomic E-state index is 0.0371. The number of hydrogen-bond acceptors (Lipinski definition) is 1. The van der Waals surface area contributed by atoms with Crippen molar-refractivity contribution in [2.24, 2.45) is 0 Å². The topological polar surface area (TPSA) is 12.0 Å². The van der Waals surface area contributed by atoms with E-state index >= 15 is 0 Å². The Morgan fingerprint density at radius 1 is 1.39 bits per heavy atom. The zero-order chi connectivity index (χ0) is 13.8. The van der Waals surface area contributed by atoms with Gasteiger partial charge < -0.3 is 5.32 Å². The van der Waals surface area contributed by atoms with Gasteiger partial charge in [-0.05, 0) is 60.6 Å². The second kappa shape index (κ2) is 6.84. The summed E-state index contributed by atoms with van der Waals surface area (Å²) in [5.74, 6) is 0. The first kappa shape index (κ1) is 15.9. The average molecular weight is 392 g/mol. The number of hydrogen-bond donors (Lipinski definition) is 1. The predicted octanol–water partition coefficient (Wildman–Crippen LogP) is 5.48. The molecule has 0 aliphatic carbocycles. The van der Waals surface area contributed by atoms with Crippen molar-refractivity contribution in [1.82, 2.24) is 0 Å². The molecule has 1 nitrogen and oxygen atoms in total. The van der Waals surface area contributed by atoms with Gasteiger partial charge in [-0.3, -0.25) is 0 Å². The molecule has 0 amide bonds. The molecule has 0 aliphatic heterocycles. The van der Waals surface area contributed by atoms with Crippen molar-refractivity contribution in [2.45, 2.75) is 38.4 Å². The van der Waals surface area contributed by atoms with Crippen LogP contribution in [0.4, 0.5) is 18.9 Å². The van der Waals surface area contributed by atoms with Gasteiger partial charge in [0, 0.05) is 16.0 Å². The maximum atomic E-state index is 12.0. The highest BCUT2D eigenvalue weighted by atomic mass is 127. The standard InChI is InChI=1S/C12H14ClF3IN/c1-8(3-2-6-12(14,15)16)18-11-5-4-9(17)7-10(11)13/h4-5,7-8,18H,2-3,6H2,1H3. The van der Waals surface area contributed by atoms with E-state index in [9.17, 15) is 13.2 Å². The summed E-state index contributed by atoms with van der Waals surface area (Å²) in [6.45, 7) is 1.85. The fourth-order valence-electron chi connectivity index (χ4n) is 1.55. The van der Waals surface area contributed by atoms with E-state index in [1.807, 2.05) is 25.1 Å². The molecule has 0 aliphatic rings. The Morgan fingerprint density at radius 3 is 2.61 bits per heavy atom. The summed E-state index contributed by atoms with van der Waals surface area (Å²) in [7, 11) is 0. The van der Waals surface area contributed by atoms with Gasteiger partial charge in [0.1, 0.15) is 0 Å². The molecule has 0 spiro atoms. The molecule has 0 heterocycles. The zero-order valence-electron chi connectivity index (χ0n) is 9.82. The van der Waals surface area contributed by atoms with E-state index in [2.05, 4.69) is 27.9 Å². The van der Waals surface area contributed by atoms with Crippen LogP contribution >= 0.6 is 34.2 Å². The van der Waals surface area contributed by atoms with Crippen LogP contribution < -0.4 is 5.32 Å². The Balaban J connectivity index is 2.42. The molecule has 0 bridgehead atoms. The lowest BCUT2D eigenvalue weighted by Gasteiger charge is -2.16. The summed E-state index contributed by atoms with van der Waals surface area (Å²) in [6, 6.07) is 5.51. The fraction of sp³-hybridized carbons (Fsp3) is 0.500. The van der Waals surface area contributed by atoms with Crippen molar-refractivity contribution in [1.29, 1.82) is 0 Å². The van der Waals surface area contributed by atoms with E-state index in [-0.39, 0.29) is 12.5 Å². The SMILES string of the molecule is CC(CCCC(F)(F)F)Nc1ccc(I)cc1Cl. The van der Waals surface area contributed by atoms with Crippen LogP contribution in [0, 0.1) is 3.57 Å². The molecule has 1 rings (SSSR count). The molecule has 0 saturated heterocycles. The number of nitrogens with one attached hydrogen (secondary N) is 1. The number of anilines is 1. The van der Waals surface area contributed by atoms with Crippen LogP contribution in [0.2, 0.25) is 5.02 Å². The number of alkyl halides is 3. The monoisotopic (exact) mass is 391 g/mol. The zero-order valence-corrected chi connectivity index (χ0v) is 12.7. The third-order valence-corrected chi connectivity index (χ3v) is 3.41. The number of benzene rings is 1. The molecule has 0 fully saturated rings. The van der Waals surface area contributed by atoms with Gasteiger partial charge in [-0.15, -0.1) is 0 Å². The van der Waals surface area contributed by atoms with Gasteiger partial charge in [0.2, 0.25) is 0 Å². The highest BCUT2D eigenvalue weighted by Gasteiger charge is 2.26. The smallest absolute Gasteiger partial charge is 0.381 e. The molecule has 102 valence electrons. The fourth-order valence-corrected chi connectivity index (χ4v) is 2.46. The molecule has 0 radical (unpaired) electrons. The van der Waals surface area contributed by atoms with Crippen molar-refractivity contribution in [3.63, 3.8) is 0 Å². The van der Waals surface area contributed by atoms with Crippen LogP contribution in [0.1, 0.15) is 26.2 Å². The number of halogens is 5. The first-order valence-corrected chi connectivity index (χ1v) is 7.02. The first-order valence-electron chi connectivity index (χ1n) is 5.56. The van der Waals surface area contributed by atoms with Crippen LogP contribution in [0.3, 0.4) is 0 Å². The van der Waals surface area contributed by atoms with E-state index in [0.717, 1.165) is 9.26 Å². The predicted molar refractivity (Wildman–Crippen MR) is 77.2 cm³/mol. The molecular weight excluding hydrogens is 377 g/mol. The second-order valence-electron chi connectivity index (χ2n) is 4.18. The van der Waals surface area contributed by atoms with Gasteiger partial charge in [0.15, 0.2) is 0 Å². The molecule has 1 atom stereocenters. The van der Waals surface area contributed by atoms with Crippen LogP contribution in [0.5, 0.6) is 0 Å². The summed E-state index contributed by atoms with van der Waals surface area (Å²) in [5, 5.41) is 3.71. The van der Waals surface area contributed by atoms with E-state index in [1.165, 1.54) is 0 Å². The van der Waals surface area contributed by atoms with Gasteiger partial charge in [-0.2, -0.15) is 13.2 Å². The third-order valence-electron chi connectivity index (χ3n) is 2.43. The Labute approximate surface area is 123 Å². The van der Waals surface area contributed by atoms with Crippen LogP contribution in [-0.2, 0) is 0 Å². The van der Waals surface area contributed by atoms with Crippen molar-refractivity contribution in [2.75, 3.05) is 5.32 Å². The Morgan fingerprint density at radius 2 is 2.06 bits per heavy atom. The quantitative estimate of drug-likeness (QED) is 0.656. The van der Waals surface area contributed by atoms with Crippen LogP contribution in [0.25, 0.3) is 0 Å². The highest BCUT2D eigenvalue weighted by molar-refractivity contribution is 14.1. The van der Waals surface area contributed by atoms with Gasteiger partial charge >= 0.3 is 6.18 Å². The van der Waals surface area contributed by atoms with E-state index in [4.69, 9.17) is 11.6 Å². The summed E-state index contributed by atoms with van der Waals surface area (Å²) >= 11 is 8.18. The maximum Gasteiger partial charge on any atom is 0.389 e.